The zero-order valence-corrected chi connectivity index (χ0v) is 10.9. The van der Waals surface area contributed by atoms with Crippen molar-refractivity contribution in [1.29, 1.82) is 0 Å². The minimum atomic E-state index is 0.681. The minimum Gasteiger partial charge on any atom is -0.329 e. The summed E-state index contributed by atoms with van der Waals surface area (Å²) in [5.41, 5.74) is 2.78. The van der Waals surface area contributed by atoms with Crippen LogP contribution in [0.2, 0.25) is 0 Å². The summed E-state index contributed by atoms with van der Waals surface area (Å²) >= 11 is 0. The molecule has 0 amide bonds. The molecule has 2 aliphatic heterocycles. The van der Waals surface area contributed by atoms with Crippen LogP contribution in [0.3, 0.4) is 0 Å². The summed E-state index contributed by atoms with van der Waals surface area (Å²) in [6.45, 7) is 6.65. The van der Waals surface area contributed by atoms with Gasteiger partial charge in [0.25, 0.3) is 0 Å². The number of rotatable bonds is 1. The monoisotopic (exact) mass is 234 g/mol. The molecule has 1 fully saturated rings. The second-order valence-corrected chi connectivity index (χ2v) is 5.38. The van der Waals surface area contributed by atoms with Crippen molar-refractivity contribution >= 4 is 0 Å². The van der Waals surface area contributed by atoms with Gasteiger partial charge in [0.15, 0.2) is 0 Å². The Morgan fingerprint density at radius 2 is 2.06 bits per heavy atom. The van der Waals surface area contributed by atoms with E-state index < -0.39 is 0 Å². The number of imidazole rings is 1. The number of fused-ring (bicyclic) bond motifs is 1. The molecule has 0 unspecified atom stereocenters. The van der Waals surface area contributed by atoms with Crippen molar-refractivity contribution in [3.63, 3.8) is 0 Å². The summed E-state index contributed by atoms with van der Waals surface area (Å²) < 4.78 is 2.53. The van der Waals surface area contributed by atoms with Gasteiger partial charge in [0.2, 0.25) is 0 Å². The van der Waals surface area contributed by atoms with Crippen LogP contribution in [0.15, 0.2) is 0 Å². The van der Waals surface area contributed by atoms with Gasteiger partial charge in [-0.15, -0.1) is 0 Å². The molecule has 1 aromatic heterocycles. The van der Waals surface area contributed by atoms with Gasteiger partial charge in [0, 0.05) is 31.2 Å². The van der Waals surface area contributed by atoms with E-state index in [-0.39, 0.29) is 0 Å². The van der Waals surface area contributed by atoms with E-state index in [1.54, 1.807) is 0 Å². The van der Waals surface area contributed by atoms with Crippen molar-refractivity contribution in [2.45, 2.75) is 38.8 Å². The average molecular weight is 234 g/mol. The van der Waals surface area contributed by atoms with Crippen LogP contribution in [0.25, 0.3) is 0 Å². The maximum absolute atomic E-state index is 4.73. The van der Waals surface area contributed by atoms with Crippen molar-refractivity contribution in [1.82, 2.24) is 19.8 Å². The first-order valence-electron chi connectivity index (χ1n) is 6.71. The third kappa shape index (κ3) is 2.00. The standard InChI is InChI=1S/C13H22N4/c1-10-15-12-9-14-6-3-13(12)17(10)11-4-7-16(2)8-5-11/h11,14H,3-9H2,1-2H3. The first kappa shape index (κ1) is 11.2. The number of hydrogen-bond donors (Lipinski definition) is 1. The molecule has 1 saturated heterocycles. The second kappa shape index (κ2) is 4.42. The highest BCUT2D eigenvalue weighted by Crippen LogP contribution is 2.27. The van der Waals surface area contributed by atoms with Gasteiger partial charge in [-0.3, -0.25) is 0 Å². The zero-order valence-electron chi connectivity index (χ0n) is 10.9. The lowest BCUT2D eigenvalue weighted by atomic mass is 10.0. The Labute approximate surface area is 103 Å². The highest BCUT2D eigenvalue weighted by molar-refractivity contribution is 5.21. The summed E-state index contributed by atoms with van der Waals surface area (Å²) in [7, 11) is 2.22. The lowest BCUT2D eigenvalue weighted by Crippen LogP contribution is -2.33. The van der Waals surface area contributed by atoms with Gasteiger partial charge >= 0.3 is 0 Å². The Morgan fingerprint density at radius 1 is 1.29 bits per heavy atom. The van der Waals surface area contributed by atoms with E-state index in [1.165, 1.54) is 43.1 Å². The second-order valence-electron chi connectivity index (χ2n) is 5.38. The summed E-state index contributed by atoms with van der Waals surface area (Å²) in [4.78, 5) is 7.16. The quantitative estimate of drug-likeness (QED) is 0.790. The fourth-order valence-corrected chi connectivity index (χ4v) is 3.21. The van der Waals surface area contributed by atoms with Gasteiger partial charge in [-0.25, -0.2) is 4.98 Å². The number of nitrogens with one attached hydrogen (secondary N) is 1. The Balaban J connectivity index is 1.89. The van der Waals surface area contributed by atoms with Gasteiger partial charge in [-0.05, 0) is 39.9 Å². The zero-order chi connectivity index (χ0) is 11.8. The van der Waals surface area contributed by atoms with Crippen molar-refractivity contribution in [2.75, 3.05) is 26.7 Å². The molecule has 1 N–H and O–H groups in total. The Hall–Kier alpha value is -0.870. The van der Waals surface area contributed by atoms with Gasteiger partial charge in [-0.2, -0.15) is 0 Å². The summed E-state index contributed by atoms with van der Waals surface area (Å²) in [5, 5.41) is 3.41. The molecular weight excluding hydrogens is 212 g/mol. The smallest absolute Gasteiger partial charge is 0.106 e. The molecule has 2 aliphatic rings. The van der Waals surface area contributed by atoms with Crippen LogP contribution in [-0.2, 0) is 13.0 Å². The molecule has 0 bridgehead atoms. The van der Waals surface area contributed by atoms with Crippen LogP contribution in [-0.4, -0.2) is 41.1 Å². The van der Waals surface area contributed by atoms with Gasteiger partial charge in [0.1, 0.15) is 5.82 Å². The molecule has 4 nitrogen and oxygen atoms in total. The van der Waals surface area contributed by atoms with Gasteiger partial charge < -0.3 is 14.8 Å². The van der Waals surface area contributed by atoms with E-state index in [9.17, 15) is 0 Å². The van der Waals surface area contributed by atoms with Crippen LogP contribution in [0.1, 0.15) is 36.1 Å². The molecule has 3 rings (SSSR count). The Bertz CT molecular complexity index is 402. The summed E-state index contributed by atoms with van der Waals surface area (Å²) in [6.07, 6.45) is 3.68. The maximum atomic E-state index is 4.73. The van der Waals surface area contributed by atoms with Crippen LogP contribution in [0.5, 0.6) is 0 Å². The molecule has 1 aromatic rings. The van der Waals surface area contributed by atoms with E-state index in [1.807, 2.05) is 0 Å². The normalized spacial score (nSPS) is 22.7. The number of nitrogens with zero attached hydrogens (tertiary/aromatic N) is 3. The van der Waals surface area contributed by atoms with E-state index in [0.29, 0.717) is 6.04 Å². The molecule has 4 heteroatoms. The topological polar surface area (TPSA) is 33.1 Å². The van der Waals surface area contributed by atoms with E-state index in [2.05, 4.69) is 28.8 Å². The lowest BCUT2D eigenvalue weighted by Gasteiger charge is -2.32. The number of hydrogen-bond acceptors (Lipinski definition) is 3. The van der Waals surface area contributed by atoms with E-state index in [4.69, 9.17) is 4.98 Å². The van der Waals surface area contributed by atoms with E-state index in [0.717, 1.165) is 19.5 Å². The number of aromatic nitrogens is 2. The predicted molar refractivity (Wildman–Crippen MR) is 68.1 cm³/mol. The average Bonchev–Trinajstić information content (AvgIpc) is 2.66. The fourth-order valence-electron chi connectivity index (χ4n) is 3.21. The molecule has 0 radical (unpaired) electrons. The Kier molecular flexibility index (Phi) is 2.92. The third-order valence-electron chi connectivity index (χ3n) is 4.15. The van der Waals surface area contributed by atoms with E-state index >= 15 is 0 Å². The largest absolute Gasteiger partial charge is 0.329 e. The van der Waals surface area contributed by atoms with Crippen molar-refractivity contribution < 1.29 is 0 Å². The molecule has 0 spiro atoms. The fraction of sp³-hybridized carbons (Fsp3) is 0.769. The van der Waals surface area contributed by atoms with Crippen molar-refractivity contribution in [2.24, 2.45) is 0 Å². The highest BCUT2D eigenvalue weighted by atomic mass is 15.2. The lowest BCUT2D eigenvalue weighted by molar-refractivity contribution is 0.217. The number of piperidine rings is 1. The molecule has 3 heterocycles. The summed E-state index contributed by atoms with van der Waals surface area (Å²) in [5.74, 6) is 1.22. The molecule has 0 aromatic carbocycles. The highest BCUT2D eigenvalue weighted by Gasteiger charge is 2.25. The van der Waals surface area contributed by atoms with Crippen LogP contribution >= 0.6 is 0 Å². The third-order valence-corrected chi connectivity index (χ3v) is 4.15. The molecule has 0 aliphatic carbocycles. The van der Waals surface area contributed by atoms with Crippen molar-refractivity contribution in [3.05, 3.63) is 17.2 Å². The van der Waals surface area contributed by atoms with Gasteiger partial charge in [-0.1, -0.05) is 0 Å². The number of likely N-dealkylation sites (tertiary alicyclic amines) is 1. The first-order chi connectivity index (χ1) is 8.25. The van der Waals surface area contributed by atoms with Crippen molar-refractivity contribution in [3.8, 4) is 0 Å². The number of aryl methyl sites for hydroxylation is 1. The predicted octanol–water partition coefficient (Wildman–Crippen LogP) is 1.10. The summed E-state index contributed by atoms with van der Waals surface area (Å²) in [6, 6.07) is 0.681. The minimum absolute atomic E-state index is 0.681. The van der Waals surface area contributed by atoms with Gasteiger partial charge in [0.05, 0.1) is 5.69 Å². The molecular formula is C13H22N4. The first-order valence-corrected chi connectivity index (χ1v) is 6.71. The Morgan fingerprint density at radius 3 is 2.82 bits per heavy atom. The van der Waals surface area contributed by atoms with Crippen LogP contribution < -0.4 is 5.32 Å². The molecule has 17 heavy (non-hydrogen) atoms. The van der Waals surface area contributed by atoms with Crippen LogP contribution in [0, 0.1) is 6.92 Å². The molecule has 0 atom stereocenters. The molecule has 94 valence electrons. The maximum Gasteiger partial charge on any atom is 0.106 e. The molecule has 0 saturated carbocycles. The van der Waals surface area contributed by atoms with Crippen LogP contribution in [0.4, 0.5) is 0 Å². The SMILES string of the molecule is Cc1nc2c(n1C1CCN(C)CC1)CCNC2.